The summed E-state index contributed by atoms with van der Waals surface area (Å²) in [5, 5.41) is 26.4. The van der Waals surface area contributed by atoms with E-state index in [1.807, 2.05) is 0 Å². The topological polar surface area (TPSA) is 145 Å². The summed E-state index contributed by atoms with van der Waals surface area (Å²) in [6, 6.07) is 10.4. The normalized spacial score (nSPS) is 11.4. The fourth-order valence-electron chi connectivity index (χ4n) is 3.15. The van der Waals surface area contributed by atoms with Crippen LogP contribution in [0.4, 0.5) is 40.0 Å². The second-order valence-electron chi connectivity index (χ2n) is 7.76. The Bertz CT molecular complexity index is 1410. The van der Waals surface area contributed by atoms with Crippen molar-refractivity contribution in [2.75, 3.05) is 22.5 Å². The predicted molar refractivity (Wildman–Crippen MR) is 131 cm³/mol. The number of nitrogens with zero attached hydrogens (tertiary/aromatic N) is 4. The fourth-order valence-corrected chi connectivity index (χ4v) is 3.73. The number of anilines is 4. The lowest BCUT2D eigenvalue weighted by atomic mass is 10.1. The van der Waals surface area contributed by atoms with Gasteiger partial charge in [0, 0.05) is 47.4 Å². The molecule has 0 radical (unpaired) electrons. The number of amides is 1. The molecule has 2 aromatic carbocycles. The number of hydrogen-bond acceptors (Lipinski definition) is 10. The molecule has 5 N–H and O–H groups in total. The number of aromatic nitrogens is 4. The highest BCUT2D eigenvalue weighted by molar-refractivity contribution is 7.10. The van der Waals surface area contributed by atoms with Gasteiger partial charge in [0.15, 0.2) is 12.1 Å². The van der Waals surface area contributed by atoms with E-state index in [1.54, 1.807) is 18.2 Å². The van der Waals surface area contributed by atoms with Crippen molar-refractivity contribution in [3.8, 4) is 11.4 Å². The van der Waals surface area contributed by atoms with Crippen molar-refractivity contribution in [1.29, 1.82) is 0 Å². The number of carbonyl (C=O) groups excluding carboxylic acids is 1. The summed E-state index contributed by atoms with van der Waals surface area (Å²) in [5.74, 6) is -1.07. The predicted octanol–water partition coefficient (Wildman–Crippen LogP) is 4.26. The number of halogens is 4. The maximum atomic E-state index is 13.5. The van der Waals surface area contributed by atoms with E-state index >= 15 is 0 Å². The van der Waals surface area contributed by atoms with Crippen molar-refractivity contribution < 1.29 is 32.6 Å². The van der Waals surface area contributed by atoms with Crippen LogP contribution in [0.25, 0.3) is 11.4 Å². The minimum Gasteiger partial charge on any atom is -0.370 e. The van der Waals surface area contributed by atoms with Gasteiger partial charge in [-0.1, -0.05) is 0 Å². The molecule has 0 aliphatic heterocycles. The third-order valence-corrected chi connectivity index (χ3v) is 5.60. The molecule has 4 rings (SSSR count). The molecule has 0 aliphatic carbocycles. The quantitative estimate of drug-likeness (QED) is 0.153. The molecule has 0 spiro atoms. The Labute approximate surface area is 216 Å². The first-order valence-corrected chi connectivity index (χ1v) is 11.7. The molecule has 2 heterocycles. The highest BCUT2D eigenvalue weighted by Gasteiger charge is 2.34. The summed E-state index contributed by atoms with van der Waals surface area (Å²) >= 11 is 0.770. The van der Waals surface area contributed by atoms with Crippen LogP contribution in [-0.4, -0.2) is 48.3 Å². The Balaban J connectivity index is 1.38. The zero-order valence-corrected chi connectivity index (χ0v) is 20.0. The van der Waals surface area contributed by atoms with Crippen molar-refractivity contribution in [1.82, 2.24) is 19.3 Å². The van der Waals surface area contributed by atoms with Crippen LogP contribution in [0, 0.1) is 5.82 Å². The molecular formula is C23H19F4N7O3S. The maximum Gasteiger partial charge on any atom is 0.419 e. The molecule has 0 atom stereocenters. The second-order valence-corrected chi connectivity index (χ2v) is 8.51. The zero-order chi connectivity index (χ0) is 27.3. The van der Waals surface area contributed by atoms with Gasteiger partial charge < -0.3 is 20.8 Å². The van der Waals surface area contributed by atoms with Gasteiger partial charge in [0.25, 0.3) is 5.91 Å². The van der Waals surface area contributed by atoms with Gasteiger partial charge in [0.05, 0.1) is 5.56 Å². The van der Waals surface area contributed by atoms with E-state index in [9.17, 15) is 22.4 Å². The first-order valence-electron chi connectivity index (χ1n) is 10.9. The van der Waals surface area contributed by atoms with Gasteiger partial charge in [-0.2, -0.15) is 22.5 Å². The van der Waals surface area contributed by atoms with Crippen LogP contribution in [0.3, 0.4) is 0 Å². The van der Waals surface area contributed by atoms with Crippen molar-refractivity contribution in [3.05, 3.63) is 71.8 Å². The van der Waals surface area contributed by atoms with Crippen LogP contribution >= 0.6 is 11.5 Å². The standard InChI is InChI=1S/C23H19F4N7O3S/c24-16-6-3-13(9-15(16)23(25,26)27)20-32-22(38-34-20)33-21(37)12-1-4-14(5-2-12)31-18-10-17(29-11-30-18)28-8-7-19(35)36/h1-6,9-11,19,35-36H,7-8H2,(H2,28,29,30,31)(H,32,33,34,37). The molecule has 0 saturated carbocycles. The van der Waals surface area contributed by atoms with E-state index in [4.69, 9.17) is 10.2 Å². The van der Waals surface area contributed by atoms with Gasteiger partial charge in [-0.25, -0.2) is 14.4 Å². The highest BCUT2D eigenvalue weighted by atomic mass is 32.1. The number of hydrogen-bond donors (Lipinski definition) is 5. The average Bonchev–Trinajstić information content (AvgIpc) is 3.32. The number of nitrogens with one attached hydrogen (secondary N) is 3. The number of rotatable bonds is 9. The smallest absolute Gasteiger partial charge is 0.370 e. The number of aliphatic hydroxyl groups is 2. The van der Waals surface area contributed by atoms with Gasteiger partial charge in [-0.05, 0) is 42.5 Å². The van der Waals surface area contributed by atoms with Crippen molar-refractivity contribution in [2.24, 2.45) is 0 Å². The van der Waals surface area contributed by atoms with Crippen LogP contribution in [-0.2, 0) is 6.18 Å². The zero-order valence-electron chi connectivity index (χ0n) is 19.2. The lowest BCUT2D eigenvalue weighted by Crippen LogP contribution is -2.13. The van der Waals surface area contributed by atoms with Crippen LogP contribution in [0.2, 0.25) is 0 Å². The summed E-state index contributed by atoms with van der Waals surface area (Å²) in [7, 11) is 0. The number of alkyl halides is 3. The van der Waals surface area contributed by atoms with Crippen LogP contribution in [0.1, 0.15) is 22.3 Å². The lowest BCUT2D eigenvalue weighted by Gasteiger charge is -2.09. The summed E-state index contributed by atoms with van der Waals surface area (Å²) in [4.78, 5) is 24.8. The van der Waals surface area contributed by atoms with E-state index in [0.717, 1.165) is 17.6 Å². The molecule has 4 aromatic rings. The molecule has 0 fully saturated rings. The molecule has 0 unspecified atom stereocenters. The van der Waals surface area contributed by atoms with Crippen LogP contribution < -0.4 is 16.0 Å². The summed E-state index contributed by atoms with van der Waals surface area (Å²) in [6.07, 6.45) is -4.84. The van der Waals surface area contributed by atoms with E-state index in [1.165, 1.54) is 18.5 Å². The summed E-state index contributed by atoms with van der Waals surface area (Å²) in [5.41, 5.74) is -0.576. The van der Waals surface area contributed by atoms with E-state index < -0.39 is 29.8 Å². The minimum absolute atomic E-state index is 0.0417. The highest BCUT2D eigenvalue weighted by Crippen LogP contribution is 2.34. The Hall–Kier alpha value is -4.21. The minimum atomic E-state index is -4.87. The monoisotopic (exact) mass is 549 g/mol. The molecule has 15 heteroatoms. The van der Waals surface area contributed by atoms with Crippen molar-refractivity contribution >= 4 is 39.9 Å². The third kappa shape index (κ3) is 6.96. The molecular weight excluding hydrogens is 530 g/mol. The summed E-state index contributed by atoms with van der Waals surface area (Å²) in [6.45, 7) is 0.298. The van der Waals surface area contributed by atoms with Gasteiger partial charge >= 0.3 is 6.18 Å². The van der Waals surface area contributed by atoms with Crippen molar-refractivity contribution in [3.63, 3.8) is 0 Å². The van der Waals surface area contributed by atoms with Gasteiger partial charge in [0.2, 0.25) is 5.13 Å². The fraction of sp³-hybridized carbons (Fsp3) is 0.174. The molecule has 10 nitrogen and oxygen atoms in total. The molecule has 198 valence electrons. The van der Waals surface area contributed by atoms with Gasteiger partial charge in [-0.3, -0.25) is 10.1 Å². The number of benzene rings is 2. The van der Waals surface area contributed by atoms with Gasteiger partial charge in [0.1, 0.15) is 23.8 Å². The van der Waals surface area contributed by atoms with Crippen molar-refractivity contribution in [2.45, 2.75) is 18.9 Å². The molecule has 2 aromatic heterocycles. The molecule has 0 aliphatic rings. The van der Waals surface area contributed by atoms with E-state index in [2.05, 4.69) is 35.3 Å². The van der Waals surface area contributed by atoms with E-state index in [0.29, 0.717) is 36.0 Å². The molecule has 38 heavy (non-hydrogen) atoms. The lowest BCUT2D eigenvalue weighted by molar-refractivity contribution is -0.139. The molecule has 1 amide bonds. The average molecular weight is 550 g/mol. The SMILES string of the molecule is O=C(Nc1nc(-c2ccc(F)c(C(F)(F)F)c2)ns1)c1ccc(Nc2cc(NCCC(O)O)ncn2)cc1. The third-order valence-electron chi connectivity index (χ3n) is 4.97. The van der Waals surface area contributed by atoms with E-state index in [-0.39, 0.29) is 28.5 Å². The Morgan fingerprint density at radius 2 is 1.76 bits per heavy atom. The Morgan fingerprint density at radius 1 is 1.03 bits per heavy atom. The Morgan fingerprint density at radius 3 is 2.47 bits per heavy atom. The first kappa shape index (κ1) is 26.8. The number of aliphatic hydroxyl groups excluding tert-OH is 1. The molecule has 0 saturated heterocycles. The van der Waals surface area contributed by atoms with Crippen LogP contribution in [0.5, 0.6) is 0 Å². The first-order chi connectivity index (χ1) is 18.1. The molecule has 0 bridgehead atoms. The summed E-state index contributed by atoms with van der Waals surface area (Å²) < 4.78 is 56.4. The van der Waals surface area contributed by atoms with Crippen LogP contribution in [0.15, 0.2) is 54.9 Å². The second kappa shape index (κ2) is 11.5. The maximum absolute atomic E-state index is 13.5. The number of carbonyl (C=O) groups is 1. The largest absolute Gasteiger partial charge is 0.419 e. The Kier molecular flexibility index (Phi) is 8.09. The van der Waals surface area contributed by atoms with Gasteiger partial charge in [-0.15, -0.1) is 0 Å².